The third-order valence-electron chi connectivity index (χ3n) is 5.93. The lowest BCUT2D eigenvalue weighted by atomic mass is 9.98. The number of nitrogens with one attached hydrogen (secondary N) is 2. The molecule has 180 valence electrons. The molecule has 1 aliphatic carbocycles. The summed E-state index contributed by atoms with van der Waals surface area (Å²) in [6.45, 7) is 0.0997. The van der Waals surface area contributed by atoms with Crippen molar-refractivity contribution in [3.05, 3.63) is 89.5 Å². The summed E-state index contributed by atoms with van der Waals surface area (Å²) >= 11 is 0. The average molecular weight is 475 g/mol. The van der Waals surface area contributed by atoms with Crippen LogP contribution >= 0.6 is 0 Å². The first-order valence-corrected chi connectivity index (χ1v) is 11.2. The number of methoxy groups -OCH3 is 1. The molecule has 3 N–H and O–H groups in total. The van der Waals surface area contributed by atoms with E-state index in [0.29, 0.717) is 11.3 Å². The van der Waals surface area contributed by atoms with Crippen molar-refractivity contribution in [3.63, 3.8) is 0 Å². The lowest BCUT2D eigenvalue weighted by Crippen LogP contribution is -2.41. The van der Waals surface area contributed by atoms with E-state index in [0.717, 1.165) is 22.3 Å². The van der Waals surface area contributed by atoms with Gasteiger partial charge in [0.1, 0.15) is 6.61 Å². The van der Waals surface area contributed by atoms with Crippen LogP contribution in [0.2, 0.25) is 0 Å². The van der Waals surface area contributed by atoms with Crippen LogP contribution in [0.5, 0.6) is 0 Å². The van der Waals surface area contributed by atoms with Gasteiger partial charge in [-0.25, -0.2) is 4.79 Å². The minimum Gasteiger partial charge on any atom is -0.481 e. The van der Waals surface area contributed by atoms with Gasteiger partial charge in [-0.2, -0.15) is 0 Å². The number of benzene rings is 3. The summed E-state index contributed by atoms with van der Waals surface area (Å²) in [7, 11) is 1.37. The van der Waals surface area contributed by atoms with E-state index in [-0.39, 0.29) is 25.5 Å². The molecule has 1 atom stereocenters. The number of aliphatic carboxylic acids is 1. The summed E-state index contributed by atoms with van der Waals surface area (Å²) in [4.78, 5) is 35.7. The molecule has 1 unspecified atom stereocenters. The number of alkyl carbamates (subject to hydrolysis) is 1. The fraction of sp³-hybridized carbons (Fsp3) is 0.222. The Hall–Kier alpha value is -4.17. The molecule has 2 amide bonds. The molecule has 35 heavy (non-hydrogen) atoms. The van der Waals surface area contributed by atoms with E-state index in [4.69, 9.17) is 14.6 Å². The van der Waals surface area contributed by atoms with Gasteiger partial charge >= 0.3 is 12.1 Å². The second-order valence-electron chi connectivity index (χ2n) is 8.19. The molecule has 0 fully saturated rings. The third-order valence-corrected chi connectivity index (χ3v) is 5.93. The highest BCUT2D eigenvalue weighted by Crippen LogP contribution is 2.44. The predicted molar refractivity (Wildman–Crippen MR) is 130 cm³/mol. The van der Waals surface area contributed by atoms with Crippen molar-refractivity contribution in [2.45, 2.75) is 18.4 Å². The Kier molecular flexibility index (Phi) is 7.42. The predicted octanol–water partition coefficient (Wildman–Crippen LogP) is 3.81. The Morgan fingerprint density at radius 1 is 0.914 bits per heavy atom. The molecule has 8 heteroatoms. The molecule has 3 aromatic rings. The van der Waals surface area contributed by atoms with Crippen molar-refractivity contribution < 1.29 is 29.0 Å². The first-order valence-electron chi connectivity index (χ1n) is 11.2. The van der Waals surface area contributed by atoms with Crippen LogP contribution in [0.25, 0.3) is 11.1 Å². The first kappa shape index (κ1) is 24.0. The van der Waals surface area contributed by atoms with Crippen molar-refractivity contribution in [1.29, 1.82) is 0 Å². The molecule has 1 aliphatic rings. The largest absolute Gasteiger partial charge is 0.481 e. The molecule has 0 heterocycles. The van der Waals surface area contributed by atoms with Crippen LogP contribution in [0, 0.1) is 0 Å². The maximum absolute atomic E-state index is 12.5. The number of anilines is 1. The van der Waals surface area contributed by atoms with E-state index in [1.165, 1.54) is 7.11 Å². The van der Waals surface area contributed by atoms with Crippen LogP contribution in [0.15, 0.2) is 72.8 Å². The number of carbonyl (C=O) groups is 3. The Labute approximate surface area is 202 Å². The second-order valence-corrected chi connectivity index (χ2v) is 8.19. The lowest BCUT2D eigenvalue weighted by molar-refractivity contribution is -0.136. The Bertz CT molecular complexity index is 1180. The summed E-state index contributed by atoms with van der Waals surface area (Å²) in [5.41, 5.74) is 5.63. The second kappa shape index (κ2) is 10.8. The van der Waals surface area contributed by atoms with Gasteiger partial charge in [0.05, 0.1) is 13.0 Å². The SMILES string of the molecule is COC(CNC(=O)OCC1c2ccccc2-c2ccccc21)C(=O)Nc1ccc(CC(=O)O)cc1. The molecule has 0 spiro atoms. The third kappa shape index (κ3) is 5.67. The minimum atomic E-state index is -0.936. The van der Waals surface area contributed by atoms with Crippen LogP contribution in [0.1, 0.15) is 22.6 Å². The zero-order valence-corrected chi connectivity index (χ0v) is 19.2. The number of carbonyl (C=O) groups excluding carboxylic acids is 2. The maximum Gasteiger partial charge on any atom is 0.407 e. The number of hydrogen-bond acceptors (Lipinski definition) is 5. The number of hydrogen-bond donors (Lipinski definition) is 3. The highest BCUT2D eigenvalue weighted by molar-refractivity contribution is 5.94. The Balaban J connectivity index is 1.29. The van der Waals surface area contributed by atoms with E-state index in [1.54, 1.807) is 24.3 Å². The molecule has 0 aliphatic heterocycles. The number of fused-ring (bicyclic) bond motifs is 3. The van der Waals surface area contributed by atoms with Crippen molar-refractivity contribution in [2.24, 2.45) is 0 Å². The molecule has 0 bridgehead atoms. The monoisotopic (exact) mass is 474 g/mol. The molecule has 3 aromatic carbocycles. The highest BCUT2D eigenvalue weighted by Gasteiger charge is 2.29. The van der Waals surface area contributed by atoms with E-state index in [2.05, 4.69) is 22.8 Å². The number of rotatable bonds is 9. The fourth-order valence-electron chi connectivity index (χ4n) is 4.21. The van der Waals surface area contributed by atoms with Gasteiger partial charge in [0.2, 0.25) is 0 Å². The van der Waals surface area contributed by atoms with E-state index >= 15 is 0 Å². The van der Waals surface area contributed by atoms with Crippen LogP contribution < -0.4 is 10.6 Å². The minimum absolute atomic E-state index is 0.0567. The van der Waals surface area contributed by atoms with Gasteiger partial charge in [0.15, 0.2) is 6.10 Å². The Morgan fingerprint density at radius 3 is 2.09 bits per heavy atom. The number of ether oxygens (including phenoxy) is 2. The molecule has 0 saturated heterocycles. The molecule has 0 radical (unpaired) electrons. The quantitative estimate of drug-likeness (QED) is 0.435. The van der Waals surface area contributed by atoms with E-state index in [1.807, 2.05) is 36.4 Å². The van der Waals surface area contributed by atoms with Crippen molar-refractivity contribution in [3.8, 4) is 11.1 Å². The summed E-state index contributed by atoms with van der Waals surface area (Å²) in [5, 5.41) is 14.1. The standard InChI is InChI=1S/C27H26N2O6/c1-34-24(26(32)29-18-12-10-17(11-13-18)14-25(30)31)15-28-27(33)35-16-23-21-8-4-2-6-19(21)20-7-3-5-9-22(20)23/h2-13,23-24H,14-16H2,1H3,(H,28,33)(H,29,32)(H,30,31). The molecule has 0 saturated carbocycles. The highest BCUT2D eigenvalue weighted by atomic mass is 16.5. The number of amides is 2. The normalized spacial score (nSPS) is 12.8. The van der Waals surface area contributed by atoms with Crippen molar-refractivity contribution >= 4 is 23.7 Å². The summed E-state index contributed by atoms with van der Waals surface area (Å²) in [5.74, 6) is -1.43. The fourth-order valence-corrected chi connectivity index (χ4v) is 4.21. The van der Waals surface area contributed by atoms with Gasteiger partial charge in [-0.1, -0.05) is 60.7 Å². The van der Waals surface area contributed by atoms with E-state index in [9.17, 15) is 14.4 Å². The smallest absolute Gasteiger partial charge is 0.407 e. The average Bonchev–Trinajstić information content (AvgIpc) is 3.18. The molecular weight excluding hydrogens is 448 g/mol. The number of carboxylic acid groups (broad SMARTS) is 1. The van der Waals surface area contributed by atoms with Gasteiger partial charge in [-0.3, -0.25) is 9.59 Å². The van der Waals surface area contributed by atoms with Gasteiger partial charge in [0.25, 0.3) is 5.91 Å². The molecular formula is C27H26N2O6. The van der Waals surface area contributed by atoms with Crippen LogP contribution in [0.4, 0.5) is 10.5 Å². The van der Waals surface area contributed by atoms with Crippen molar-refractivity contribution in [1.82, 2.24) is 5.32 Å². The van der Waals surface area contributed by atoms with Gasteiger partial charge in [-0.15, -0.1) is 0 Å². The molecule has 0 aromatic heterocycles. The lowest BCUT2D eigenvalue weighted by Gasteiger charge is -2.17. The maximum atomic E-state index is 12.5. The van der Waals surface area contributed by atoms with Crippen LogP contribution in [0.3, 0.4) is 0 Å². The Morgan fingerprint density at radius 2 is 1.51 bits per heavy atom. The van der Waals surface area contributed by atoms with Gasteiger partial charge in [-0.05, 0) is 39.9 Å². The molecule has 4 rings (SSSR count). The summed E-state index contributed by atoms with van der Waals surface area (Å²) in [6.07, 6.45) is -1.67. The van der Waals surface area contributed by atoms with Gasteiger partial charge in [0, 0.05) is 18.7 Å². The first-order chi connectivity index (χ1) is 17.0. The zero-order chi connectivity index (χ0) is 24.8. The van der Waals surface area contributed by atoms with Gasteiger partial charge < -0.3 is 25.2 Å². The van der Waals surface area contributed by atoms with Crippen LogP contribution in [-0.2, 0) is 25.5 Å². The van der Waals surface area contributed by atoms with E-state index < -0.39 is 24.1 Å². The molecule has 8 nitrogen and oxygen atoms in total. The summed E-state index contributed by atoms with van der Waals surface area (Å²) in [6, 6.07) is 22.6. The van der Waals surface area contributed by atoms with Crippen molar-refractivity contribution in [2.75, 3.05) is 25.6 Å². The zero-order valence-electron chi connectivity index (χ0n) is 19.2. The topological polar surface area (TPSA) is 114 Å². The van der Waals surface area contributed by atoms with Crippen LogP contribution in [-0.4, -0.2) is 49.4 Å². The summed E-state index contributed by atoms with van der Waals surface area (Å²) < 4.78 is 10.7. The number of carboxylic acids is 1.